The predicted octanol–water partition coefficient (Wildman–Crippen LogP) is 4.19. The summed E-state index contributed by atoms with van der Waals surface area (Å²) in [4.78, 5) is 5.97. The maximum absolute atomic E-state index is 5.97. The second kappa shape index (κ2) is 25.2. The van der Waals surface area contributed by atoms with Gasteiger partial charge in [0, 0.05) is 59.0 Å². The van der Waals surface area contributed by atoms with Crippen LogP contribution in [-0.2, 0) is 28.5 Å². The third kappa shape index (κ3) is 20.9. The molecule has 0 spiro atoms. The second-order valence-corrected chi connectivity index (χ2v) is 9.72. The first-order valence-corrected chi connectivity index (χ1v) is 14.9. The monoisotopic (exact) mass is 485 g/mol. The summed E-state index contributed by atoms with van der Waals surface area (Å²) >= 11 is 0. The normalized spacial score (nSPS) is 12.8. The summed E-state index contributed by atoms with van der Waals surface area (Å²) in [5.74, 6) is 0. The Labute approximate surface area is 195 Å². The number of hydrogen-bond acceptors (Lipinski definition) is 7. The van der Waals surface area contributed by atoms with Crippen LogP contribution in [0, 0.1) is 0 Å². The van der Waals surface area contributed by atoms with Crippen LogP contribution in [0.4, 0.5) is 0 Å². The maximum Gasteiger partial charge on any atom is 0.157 e. The molecule has 2 unspecified atom stereocenters. The maximum atomic E-state index is 5.97. The molecule has 0 N–H and O–H groups in total. The van der Waals surface area contributed by atoms with Crippen molar-refractivity contribution in [1.29, 1.82) is 0 Å². The van der Waals surface area contributed by atoms with Crippen LogP contribution in [0.1, 0.15) is 47.5 Å². The molecule has 7 nitrogen and oxygen atoms in total. The van der Waals surface area contributed by atoms with Crippen LogP contribution in [0.5, 0.6) is 0 Å². The molecule has 0 bridgehead atoms. The molecule has 2 atom stereocenters. The summed E-state index contributed by atoms with van der Waals surface area (Å²) in [7, 11) is 1.78. The van der Waals surface area contributed by atoms with Crippen molar-refractivity contribution in [3.8, 4) is 0 Å². The zero-order valence-electron chi connectivity index (χ0n) is 20.7. The Morgan fingerprint density at radius 2 is 1.03 bits per heavy atom. The Morgan fingerprint density at radius 3 is 1.42 bits per heavy atom. The summed E-state index contributed by atoms with van der Waals surface area (Å²) in [5, 5.41) is 2.13. The lowest BCUT2D eigenvalue weighted by Crippen LogP contribution is -2.30. The van der Waals surface area contributed by atoms with E-state index in [0.29, 0.717) is 39.6 Å². The van der Waals surface area contributed by atoms with Crippen LogP contribution in [0.15, 0.2) is 0 Å². The van der Waals surface area contributed by atoms with Gasteiger partial charge in [-0.2, -0.15) is 5.06 Å². The van der Waals surface area contributed by atoms with Gasteiger partial charge in [-0.3, -0.25) is 4.84 Å². The Kier molecular flexibility index (Phi) is 25.7. The van der Waals surface area contributed by atoms with Gasteiger partial charge in [0.05, 0.1) is 13.2 Å². The summed E-state index contributed by atoms with van der Waals surface area (Å²) in [6.45, 7) is 16.8. The van der Waals surface area contributed by atoms with E-state index in [1.54, 1.807) is 0 Å². The van der Waals surface area contributed by atoms with E-state index in [2.05, 4.69) is 5.06 Å². The lowest BCUT2D eigenvalue weighted by molar-refractivity contribution is -0.162. The Bertz CT molecular complexity index is 320. The molecule has 0 rings (SSSR count). The molecule has 0 aromatic rings. The standard InChI is InChI=1S/C22H49NO6P2/c1-6-24-15-16-29-23(13-19-30-17-11-21(25-7-2)26-8-3)14-20-31-18-12-22(27-9-4)28-10-5/h21-22,30-31H,6-20H2,1-5H3. The minimum atomic E-state index is -0.0561. The average molecular weight is 486 g/mol. The highest BCUT2D eigenvalue weighted by Gasteiger charge is 2.10. The highest BCUT2D eigenvalue weighted by molar-refractivity contribution is 7.38. The largest absolute Gasteiger partial charge is 0.379 e. The predicted molar refractivity (Wildman–Crippen MR) is 133 cm³/mol. The van der Waals surface area contributed by atoms with E-state index in [4.69, 9.17) is 28.5 Å². The average Bonchev–Trinajstić information content (AvgIpc) is 2.76. The van der Waals surface area contributed by atoms with Crippen molar-refractivity contribution in [2.24, 2.45) is 0 Å². The van der Waals surface area contributed by atoms with E-state index >= 15 is 0 Å². The molecule has 0 aliphatic heterocycles. The van der Waals surface area contributed by atoms with Crippen molar-refractivity contribution in [1.82, 2.24) is 5.06 Å². The highest BCUT2D eigenvalue weighted by Crippen LogP contribution is 2.17. The molecule has 31 heavy (non-hydrogen) atoms. The van der Waals surface area contributed by atoms with E-state index in [9.17, 15) is 0 Å². The van der Waals surface area contributed by atoms with Gasteiger partial charge in [-0.05, 0) is 59.3 Å². The zero-order valence-corrected chi connectivity index (χ0v) is 22.7. The van der Waals surface area contributed by atoms with Gasteiger partial charge in [0.2, 0.25) is 0 Å². The molecule has 0 heterocycles. The quantitative estimate of drug-likeness (QED) is 0.0832. The molecule has 0 saturated heterocycles. The van der Waals surface area contributed by atoms with E-state index in [1.807, 2.05) is 34.6 Å². The van der Waals surface area contributed by atoms with E-state index in [1.165, 1.54) is 0 Å². The van der Waals surface area contributed by atoms with Crippen molar-refractivity contribution in [3.05, 3.63) is 0 Å². The number of rotatable bonds is 25. The summed E-state index contributed by atoms with van der Waals surface area (Å²) in [5.41, 5.74) is 0. The topological polar surface area (TPSA) is 58.6 Å². The van der Waals surface area contributed by atoms with Crippen LogP contribution in [0.2, 0.25) is 0 Å². The molecule has 0 fully saturated rings. The molecule has 0 radical (unpaired) electrons. The minimum absolute atomic E-state index is 0.0561. The third-order valence-electron chi connectivity index (χ3n) is 4.31. The van der Waals surface area contributed by atoms with E-state index in [-0.39, 0.29) is 12.6 Å². The van der Waals surface area contributed by atoms with Gasteiger partial charge in [0.25, 0.3) is 0 Å². The SMILES string of the molecule is CCOCCON(CCPCCC(OCC)OCC)CCPCCC(OCC)OCC. The van der Waals surface area contributed by atoms with Gasteiger partial charge in [0.1, 0.15) is 0 Å². The zero-order chi connectivity index (χ0) is 23.0. The highest BCUT2D eigenvalue weighted by atomic mass is 31.1. The van der Waals surface area contributed by atoms with Gasteiger partial charge in [-0.15, -0.1) is 17.2 Å². The fourth-order valence-corrected chi connectivity index (χ4v) is 5.08. The number of ether oxygens (including phenoxy) is 5. The smallest absolute Gasteiger partial charge is 0.157 e. The first kappa shape index (κ1) is 31.6. The van der Waals surface area contributed by atoms with Crippen molar-refractivity contribution in [2.75, 3.05) is 84.0 Å². The second-order valence-electron chi connectivity index (χ2n) is 6.72. The van der Waals surface area contributed by atoms with Crippen LogP contribution in [-0.4, -0.2) is 102 Å². The van der Waals surface area contributed by atoms with Crippen molar-refractivity contribution in [3.63, 3.8) is 0 Å². The fraction of sp³-hybridized carbons (Fsp3) is 1.00. The summed E-state index contributed by atoms with van der Waals surface area (Å²) < 4.78 is 27.9. The van der Waals surface area contributed by atoms with Gasteiger partial charge >= 0.3 is 0 Å². The lowest BCUT2D eigenvalue weighted by atomic mass is 10.5. The van der Waals surface area contributed by atoms with Gasteiger partial charge in [-0.1, -0.05) is 0 Å². The Morgan fingerprint density at radius 1 is 0.581 bits per heavy atom. The van der Waals surface area contributed by atoms with E-state index in [0.717, 1.165) is 74.3 Å². The van der Waals surface area contributed by atoms with Crippen LogP contribution in [0.25, 0.3) is 0 Å². The Hall–Kier alpha value is 0.580. The molecule has 0 aliphatic rings. The first-order chi connectivity index (χ1) is 15.2. The van der Waals surface area contributed by atoms with Crippen molar-refractivity contribution >= 4 is 17.2 Å². The van der Waals surface area contributed by atoms with Gasteiger partial charge < -0.3 is 23.7 Å². The lowest BCUT2D eigenvalue weighted by Gasteiger charge is -2.22. The molecule has 0 amide bonds. The molecule has 0 aromatic carbocycles. The van der Waals surface area contributed by atoms with Crippen LogP contribution in [0.3, 0.4) is 0 Å². The van der Waals surface area contributed by atoms with Crippen molar-refractivity contribution in [2.45, 2.75) is 60.0 Å². The number of nitrogens with zero attached hydrogens (tertiary/aromatic N) is 1. The molecule has 0 saturated carbocycles. The van der Waals surface area contributed by atoms with E-state index < -0.39 is 0 Å². The van der Waals surface area contributed by atoms with Gasteiger partial charge in [0.15, 0.2) is 12.6 Å². The third-order valence-corrected chi connectivity index (χ3v) is 6.74. The van der Waals surface area contributed by atoms with Crippen LogP contribution < -0.4 is 0 Å². The molecular formula is C22H49NO6P2. The molecule has 0 aromatic heterocycles. The molecule has 9 heteroatoms. The molecule has 0 aliphatic carbocycles. The van der Waals surface area contributed by atoms with Gasteiger partial charge in [-0.25, -0.2) is 0 Å². The van der Waals surface area contributed by atoms with Crippen LogP contribution >= 0.6 is 17.2 Å². The fourth-order valence-electron chi connectivity index (χ4n) is 2.88. The first-order valence-electron chi connectivity index (χ1n) is 12.0. The number of hydrogen-bond donors (Lipinski definition) is 0. The molecular weight excluding hydrogens is 436 g/mol. The number of hydroxylamine groups is 2. The summed E-state index contributed by atoms with van der Waals surface area (Å²) in [6.07, 6.45) is 6.36. The Balaban J connectivity index is 4.10. The van der Waals surface area contributed by atoms with Crippen molar-refractivity contribution < 1.29 is 28.5 Å². The summed E-state index contributed by atoms with van der Waals surface area (Å²) in [6, 6.07) is 0. The molecule has 188 valence electrons. The minimum Gasteiger partial charge on any atom is -0.379 e.